The summed E-state index contributed by atoms with van der Waals surface area (Å²) in [7, 11) is 1.54. The van der Waals surface area contributed by atoms with E-state index in [1.54, 1.807) is 25.4 Å². The number of nitrogens with zero attached hydrogens (tertiary/aromatic N) is 2. The molecule has 2 aromatic rings. The zero-order chi connectivity index (χ0) is 17.7. The summed E-state index contributed by atoms with van der Waals surface area (Å²) in [5.41, 5.74) is 2.49. The van der Waals surface area contributed by atoms with Crippen LogP contribution in [0.25, 0.3) is 0 Å². The zero-order valence-corrected chi connectivity index (χ0v) is 14.1. The Hall–Kier alpha value is -2.89. The maximum atomic E-state index is 12.2. The lowest BCUT2D eigenvalue weighted by molar-refractivity contribution is -0.133. The summed E-state index contributed by atoms with van der Waals surface area (Å²) in [5.74, 6) is -0.584. The Bertz CT molecular complexity index is 811. The second-order valence-electron chi connectivity index (χ2n) is 5.78. The number of hydrogen-bond acceptors (Lipinski definition) is 3. The van der Waals surface area contributed by atoms with Gasteiger partial charge in [0.15, 0.2) is 0 Å². The molecule has 2 rings (SSSR count). The molecule has 24 heavy (non-hydrogen) atoms. The fourth-order valence-corrected chi connectivity index (χ4v) is 2.22. The van der Waals surface area contributed by atoms with Crippen molar-refractivity contribution in [3.8, 4) is 0 Å². The van der Waals surface area contributed by atoms with Crippen molar-refractivity contribution in [2.75, 3.05) is 18.9 Å². The maximum Gasteiger partial charge on any atom is 0.250 e. The number of rotatable bonds is 5. The predicted octanol–water partition coefficient (Wildman–Crippen LogP) is 1.56. The molecule has 0 atom stereocenters. The molecule has 1 aromatic heterocycles. The second-order valence-corrected chi connectivity index (χ2v) is 5.78. The van der Waals surface area contributed by atoms with E-state index in [0.29, 0.717) is 0 Å². The van der Waals surface area contributed by atoms with E-state index in [1.807, 2.05) is 32.0 Å². The lowest BCUT2D eigenvalue weighted by atomic mass is 10.1. The quantitative estimate of drug-likeness (QED) is 0.906. The minimum absolute atomic E-state index is 0.0756. The topological polar surface area (TPSA) is 71.4 Å². The molecule has 0 fully saturated rings. The second kappa shape index (κ2) is 7.59. The molecule has 0 bridgehead atoms. The van der Waals surface area contributed by atoms with Gasteiger partial charge in [-0.25, -0.2) is 0 Å². The smallest absolute Gasteiger partial charge is 0.250 e. The van der Waals surface area contributed by atoms with Gasteiger partial charge in [0.2, 0.25) is 11.8 Å². The first-order valence-corrected chi connectivity index (χ1v) is 7.63. The molecule has 0 spiro atoms. The first-order chi connectivity index (χ1) is 11.4. The first kappa shape index (κ1) is 17.5. The van der Waals surface area contributed by atoms with Crippen LogP contribution in [0.15, 0.2) is 47.4 Å². The molecule has 2 amide bonds. The van der Waals surface area contributed by atoms with Crippen molar-refractivity contribution in [1.29, 1.82) is 0 Å². The van der Waals surface area contributed by atoms with Crippen molar-refractivity contribution in [3.05, 3.63) is 64.1 Å². The minimum Gasteiger partial charge on any atom is -0.335 e. The van der Waals surface area contributed by atoms with Gasteiger partial charge >= 0.3 is 0 Å². The number of benzene rings is 1. The molecule has 0 aliphatic heterocycles. The van der Waals surface area contributed by atoms with Gasteiger partial charge in [-0.1, -0.05) is 18.2 Å². The standard InChI is InChI=1S/C18H21N3O3/c1-13-7-8-14(2)15(10-13)19-16(22)11-20(3)18(24)12-21-9-5-4-6-17(21)23/h4-10H,11-12H2,1-3H3,(H,19,22). The highest BCUT2D eigenvalue weighted by Crippen LogP contribution is 2.16. The van der Waals surface area contributed by atoms with Crippen LogP contribution in [0.2, 0.25) is 0 Å². The molecule has 1 N–H and O–H groups in total. The van der Waals surface area contributed by atoms with Crippen LogP contribution >= 0.6 is 0 Å². The molecular formula is C18H21N3O3. The van der Waals surface area contributed by atoms with E-state index in [0.717, 1.165) is 16.8 Å². The van der Waals surface area contributed by atoms with Crippen LogP contribution in [0.4, 0.5) is 5.69 Å². The zero-order valence-electron chi connectivity index (χ0n) is 14.1. The van der Waals surface area contributed by atoms with E-state index in [1.165, 1.54) is 15.5 Å². The Morgan fingerprint density at radius 2 is 1.92 bits per heavy atom. The number of carbonyl (C=O) groups is 2. The molecule has 1 aromatic carbocycles. The van der Waals surface area contributed by atoms with Gasteiger partial charge in [-0.15, -0.1) is 0 Å². The summed E-state index contributed by atoms with van der Waals surface area (Å²) in [6, 6.07) is 10.5. The van der Waals surface area contributed by atoms with Gasteiger partial charge in [-0.3, -0.25) is 14.4 Å². The van der Waals surface area contributed by atoms with Crippen LogP contribution in [0, 0.1) is 13.8 Å². The normalized spacial score (nSPS) is 10.3. The van der Waals surface area contributed by atoms with E-state index in [4.69, 9.17) is 0 Å². The molecule has 0 aliphatic rings. The Morgan fingerprint density at radius 3 is 2.62 bits per heavy atom. The number of likely N-dealkylation sites (N-methyl/N-ethyl adjacent to an activating group) is 1. The number of aryl methyl sites for hydroxylation is 2. The Balaban J connectivity index is 1.96. The van der Waals surface area contributed by atoms with Crippen molar-refractivity contribution in [3.63, 3.8) is 0 Å². The minimum atomic E-state index is -0.306. The average Bonchev–Trinajstić information content (AvgIpc) is 2.53. The molecule has 0 radical (unpaired) electrons. The summed E-state index contributed by atoms with van der Waals surface area (Å²) in [4.78, 5) is 37.2. The van der Waals surface area contributed by atoms with Crippen LogP contribution in [0.1, 0.15) is 11.1 Å². The van der Waals surface area contributed by atoms with Crippen LogP contribution in [0.5, 0.6) is 0 Å². The summed E-state index contributed by atoms with van der Waals surface area (Å²) < 4.78 is 1.31. The Kier molecular flexibility index (Phi) is 5.52. The van der Waals surface area contributed by atoms with Gasteiger partial charge in [-0.05, 0) is 37.1 Å². The van der Waals surface area contributed by atoms with Crippen molar-refractivity contribution in [2.24, 2.45) is 0 Å². The highest BCUT2D eigenvalue weighted by atomic mass is 16.2. The van der Waals surface area contributed by atoms with E-state index < -0.39 is 0 Å². The largest absolute Gasteiger partial charge is 0.335 e. The van der Waals surface area contributed by atoms with E-state index in [2.05, 4.69) is 5.32 Å². The fourth-order valence-electron chi connectivity index (χ4n) is 2.22. The van der Waals surface area contributed by atoms with Crippen molar-refractivity contribution < 1.29 is 9.59 Å². The number of anilines is 1. The molecule has 0 saturated heterocycles. The summed E-state index contributed by atoms with van der Waals surface area (Å²) in [5, 5.41) is 2.81. The number of pyridine rings is 1. The van der Waals surface area contributed by atoms with Crippen molar-refractivity contribution in [2.45, 2.75) is 20.4 Å². The van der Waals surface area contributed by atoms with Gasteiger partial charge in [0, 0.05) is 25.0 Å². The van der Waals surface area contributed by atoms with Gasteiger partial charge in [-0.2, -0.15) is 0 Å². The molecular weight excluding hydrogens is 306 g/mol. The fraction of sp³-hybridized carbons (Fsp3) is 0.278. The van der Waals surface area contributed by atoms with Crippen molar-refractivity contribution >= 4 is 17.5 Å². The van der Waals surface area contributed by atoms with Gasteiger partial charge in [0.05, 0.1) is 6.54 Å². The molecule has 126 valence electrons. The molecule has 6 nitrogen and oxygen atoms in total. The number of hydrogen-bond donors (Lipinski definition) is 1. The van der Waals surface area contributed by atoms with Crippen LogP contribution < -0.4 is 10.9 Å². The molecule has 0 aliphatic carbocycles. The predicted molar refractivity (Wildman–Crippen MR) is 92.9 cm³/mol. The molecule has 6 heteroatoms. The molecule has 0 saturated carbocycles. The third kappa shape index (κ3) is 4.55. The lowest BCUT2D eigenvalue weighted by Gasteiger charge is -2.18. The summed E-state index contributed by atoms with van der Waals surface area (Å²) in [6.45, 7) is 3.69. The third-order valence-corrected chi connectivity index (χ3v) is 3.68. The third-order valence-electron chi connectivity index (χ3n) is 3.68. The first-order valence-electron chi connectivity index (χ1n) is 7.63. The highest BCUT2D eigenvalue weighted by molar-refractivity contribution is 5.95. The van der Waals surface area contributed by atoms with Crippen LogP contribution in [-0.4, -0.2) is 34.9 Å². The van der Waals surface area contributed by atoms with E-state index in [-0.39, 0.29) is 30.5 Å². The van der Waals surface area contributed by atoms with E-state index in [9.17, 15) is 14.4 Å². The number of carbonyl (C=O) groups excluding carboxylic acids is 2. The SMILES string of the molecule is Cc1ccc(C)c(NC(=O)CN(C)C(=O)Cn2ccccc2=O)c1. The molecule has 0 unspecified atom stereocenters. The number of amides is 2. The van der Waals surface area contributed by atoms with Gasteiger partial charge < -0.3 is 14.8 Å². The van der Waals surface area contributed by atoms with Gasteiger partial charge in [0.25, 0.3) is 5.56 Å². The van der Waals surface area contributed by atoms with Gasteiger partial charge in [0.1, 0.15) is 6.54 Å². The van der Waals surface area contributed by atoms with E-state index >= 15 is 0 Å². The lowest BCUT2D eigenvalue weighted by Crippen LogP contribution is -2.38. The monoisotopic (exact) mass is 327 g/mol. The highest BCUT2D eigenvalue weighted by Gasteiger charge is 2.14. The number of aromatic nitrogens is 1. The molecule has 1 heterocycles. The van der Waals surface area contributed by atoms with Crippen LogP contribution in [0.3, 0.4) is 0 Å². The average molecular weight is 327 g/mol. The Labute approximate surface area is 140 Å². The Morgan fingerprint density at radius 1 is 1.17 bits per heavy atom. The number of nitrogens with one attached hydrogen (secondary N) is 1. The van der Waals surface area contributed by atoms with Crippen molar-refractivity contribution in [1.82, 2.24) is 9.47 Å². The maximum absolute atomic E-state index is 12.2. The summed E-state index contributed by atoms with van der Waals surface area (Å²) >= 11 is 0. The van der Waals surface area contributed by atoms with Crippen LogP contribution in [-0.2, 0) is 16.1 Å². The summed E-state index contributed by atoms with van der Waals surface area (Å²) in [6.07, 6.45) is 1.55.